The fourth-order valence-electron chi connectivity index (χ4n) is 3.71. The maximum Gasteiger partial charge on any atom is 0.255 e. The smallest absolute Gasteiger partial charge is 0.255 e. The van der Waals surface area contributed by atoms with Crippen LogP contribution in [-0.2, 0) is 16.0 Å². The number of hydrogen-bond acceptors (Lipinski definition) is 7. The summed E-state index contributed by atoms with van der Waals surface area (Å²) in [5.74, 6) is 1.43. The molecule has 3 amide bonds. The zero-order valence-electron chi connectivity index (χ0n) is 18.9. The molecule has 0 fully saturated rings. The summed E-state index contributed by atoms with van der Waals surface area (Å²) in [6, 6.07) is 10.3. The van der Waals surface area contributed by atoms with Gasteiger partial charge in [0, 0.05) is 19.2 Å². The third-order valence-corrected chi connectivity index (χ3v) is 5.49. The first-order valence-corrected chi connectivity index (χ1v) is 11.1. The predicted molar refractivity (Wildman–Crippen MR) is 121 cm³/mol. The van der Waals surface area contributed by atoms with Crippen LogP contribution in [0, 0.1) is 0 Å². The zero-order chi connectivity index (χ0) is 23.9. The summed E-state index contributed by atoms with van der Waals surface area (Å²) in [7, 11) is 1.53. The molecule has 0 radical (unpaired) electrons. The van der Waals surface area contributed by atoms with Gasteiger partial charge in [-0.2, -0.15) is 0 Å². The highest BCUT2D eigenvalue weighted by molar-refractivity contribution is 5.97. The third-order valence-electron chi connectivity index (χ3n) is 5.49. The van der Waals surface area contributed by atoms with E-state index >= 15 is 0 Å². The van der Waals surface area contributed by atoms with Crippen LogP contribution in [0.3, 0.4) is 0 Å². The van der Waals surface area contributed by atoms with E-state index in [-0.39, 0.29) is 50.6 Å². The van der Waals surface area contributed by atoms with Crippen molar-refractivity contribution in [1.29, 1.82) is 0 Å². The number of methoxy groups -OCH3 is 1. The molecule has 2 N–H and O–H groups in total. The first-order valence-electron chi connectivity index (χ1n) is 11.1. The number of nitrogens with zero attached hydrogens (tertiary/aromatic N) is 1. The lowest BCUT2D eigenvalue weighted by Gasteiger charge is -2.23. The first-order chi connectivity index (χ1) is 16.5. The third kappa shape index (κ3) is 5.69. The molecule has 0 aromatic heterocycles. The Kier molecular flexibility index (Phi) is 7.36. The Morgan fingerprint density at radius 2 is 1.85 bits per heavy atom. The van der Waals surface area contributed by atoms with Crippen LogP contribution >= 0.6 is 0 Å². The van der Waals surface area contributed by atoms with E-state index in [1.54, 1.807) is 36.4 Å². The molecule has 10 heteroatoms. The van der Waals surface area contributed by atoms with Gasteiger partial charge >= 0.3 is 0 Å². The van der Waals surface area contributed by atoms with Gasteiger partial charge in [-0.15, -0.1) is 0 Å². The van der Waals surface area contributed by atoms with Crippen molar-refractivity contribution in [2.24, 2.45) is 0 Å². The number of carbonyl (C=O) groups is 3. The van der Waals surface area contributed by atoms with E-state index in [1.165, 1.54) is 12.0 Å². The highest BCUT2D eigenvalue weighted by atomic mass is 16.7. The summed E-state index contributed by atoms with van der Waals surface area (Å²) in [6.45, 7) is 1.11. The topological polar surface area (TPSA) is 115 Å². The van der Waals surface area contributed by atoms with Crippen molar-refractivity contribution in [3.05, 3.63) is 47.5 Å². The van der Waals surface area contributed by atoms with Gasteiger partial charge < -0.3 is 34.5 Å². The van der Waals surface area contributed by atoms with Crippen LogP contribution in [0.5, 0.6) is 23.0 Å². The van der Waals surface area contributed by atoms with Gasteiger partial charge in [0.15, 0.2) is 11.5 Å². The second-order valence-corrected chi connectivity index (χ2v) is 7.85. The lowest BCUT2D eigenvalue weighted by Crippen LogP contribution is -2.43. The van der Waals surface area contributed by atoms with Gasteiger partial charge in [-0.1, -0.05) is 6.07 Å². The molecule has 0 saturated carbocycles. The molecular formula is C24H27N3O7. The number of fused-ring (bicyclic) bond motifs is 2. The largest absolute Gasteiger partial charge is 0.497 e. The lowest BCUT2D eigenvalue weighted by molar-refractivity contribution is -0.135. The zero-order valence-corrected chi connectivity index (χ0v) is 18.9. The molecule has 2 aromatic carbocycles. The number of amides is 3. The van der Waals surface area contributed by atoms with E-state index in [0.29, 0.717) is 48.1 Å². The molecule has 2 aliphatic heterocycles. The second-order valence-electron chi connectivity index (χ2n) is 7.85. The van der Waals surface area contributed by atoms with Crippen molar-refractivity contribution < 1.29 is 33.3 Å². The van der Waals surface area contributed by atoms with Crippen molar-refractivity contribution in [2.45, 2.75) is 12.8 Å². The monoisotopic (exact) mass is 469 g/mol. The van der Waals surface area contributed by atoms with Crippen LogP contribution in [0.2, 0.25) is 0 Å². The molecule has 2 aliphatic rings. The molecule has 0 atom stereocenters. The first kappa shape index (κ1) is 23.2. The summed E-state index contributed by atoms with van der Waals surface area (Å²) >= 11 is 0. The van der Waals surface area contributed by atoms with E-state index < -0.39 is 0 Å². The van der Waals surface area contributed by atoms with Crippen LogP contribution in [-0.4, -0.2) is 69.3 Å². The molecule has 180 valence electrons. The van der Waals surface area contributed by atoms with Crippen LogP contribution in [0.15, 0.2) is 36.4 Å². The number of carbonyl (C=O) groups excluding carboxylic acids is 3. The molecule has 34 heavy (non-hydrogen) atoms. The maximum atomic E-state index is 13.0. The Hall–Kier alpha value is -3.95. The molecule has 2 heterocycles. The summed E-state index contributed by atoms with van der Waals surface area (Å²) < 4.78 is 21.6. The summed E-state index contributed by atoms with van der Waals surface area (Å²) in [5.41, 5.74) is 1.14. The quantitative estimate of drug-likeness (QED) is 0.692. The summed E-state index contributed by atoms with van der Waals surface area (Å²) in [4.78, 5) is 39.6. The van der Waals surface area contributed by atoms with Crippen molar-refractivity contribution >= 4 is 17.7 Å². The average molecular weight is 469 g/mol. The molecule has 4 rings (SSSR count). The van der Waals surface area contributed by atoms with E-state index in [4.69, 9.17) is 18.9 Å². The van der Waals surface area contributed by atoms with Crippen molar-refractivity contribution in [3.63, 3.8) is 0 Å². The second kappa shape index (κ2) is 10.8. The highest BCUT2D eigenvalue weighted by Gasteiger charge is 2.21. The normalized spacial score (nSPS) is 16.4. The molecule has 10 nitrogen and oxygen atoms in total. The number of benzene rings is 2. The Bertz CT molecular complexity index is 1070. The van der Waals surface area contributed by atoms with Gasteiger partial charge in [0.2, 0.25) is 18.6 Å². The van der Waals surface area contributed by atoms with Crippen molar-refractivity contribution in [1.82, 2.24) is 15.5 Å². The standard InChI is InChI=1S/C24H27N3O7/c1-31-17-4-5-18-20(13-17)32-10-8-25-22(28)14-27(9-2-7-26-24(18)30)23(29)12-16-3-6-19-21(11-16)34-15-33-19/h3-6,11,13H,2,7-10,12,14-15H2,1H3,(H,25,28)(H,26,30). The Morgan fingerprint density at radius 1 is 1.00 bits per heavy atom. The van der Waals surface area contributed by atoms with Crippen LogP contribution in [0.1, 0.15) is 22.3 Å². The van der Waals surface area contributed by atoms with E-state index in [0.717, 1.165) is 5.56 Å². The highest BCUT2D eigenvalue weighted by Crippen LogP contribution is 2.32. The van der Waals surface area contributed by atoms with Gasteiger partial charge in [-0.3, -0.25) is 14.4 Å². The van der Waals surface area contributed by atoms with Crippen LogP contribution < -0.4 is 29.6 Å². The Balaban J connectivity index is 1.42. The number of rotatable bonds is 3. The SMILES string of the molecule is COc1ccc2c(c1)OCCNC(=O)CN(C(=O)Cc1ccc3c(c1)OCO3)CCCNC2=O. The molecule has 0 spiro atoms. The van der Waals surface area contributed by atoms with E-state index in [2.05, 4.69) is 10.6 Å². The van der Waals surface area contributed by atoms with Crippen LogP contribution in [0.25, 0.3) is 0 Å². The minimum atomic E-state index is -0.283. The van der Waals surface area contributed by atoms with Gasteiger partial charge in [-0.05, 0) is 36.2 Å². The fraction of sp³-hybridized carbons (Fsp3) is 0.375. The molecule has 0 unspecified atom stereocenters. The predicted octanol–water partition coefficient (Wildman–Crippen LogP) is 1.12. The van der Waals surface area contributed by atoms with Gasteiger partial charge in [0.25, 0.3) is 5.91 Å². The Morgan fingerprint density at radius 3 is 2.71 bits per heavy atom. The number of nitrogens with one attached hydrogen (secondary N) is 2. The number of ether oxygens (including phenoxy) is 4. The lowest BCUT2D eigenvalue weighted by atomic mass is 10.1. The fourth-order valence-corrected chi connectivity index (χ4v) is 3.71. The molecule has 0 saturated heterocycles. The summed E-state index contributed by atoms with van der Waals surface area (Å²) in [6.07, 6.45) is 0.604. The minimum Gasteiger partial charge on any atom is -0.497 e. The minimum absolute atomic E-state index is 0.0816. The maximum absolute atomic E-state index is 13.0. The van der Waals surface area contributed by atoms with Gasteiger partial charge in [-0.25, -0.2) is 0 Å². The van der Waals surface area contributed by atoms with Crippen molar-refractivity contribution in [3.8, 4) is 23.0 Å². The molecule has 2 aromatic rings. The summed E-state index contributed by atoms with van der Waals surface area (Å²) in [5, 5.41) is 5.61. The molecule has 0 bridgehead atoms. The Labute approximate surface area is 197 Å². The van der Waals surface area contributed by atoms with E-state index in [9.17, 15) is 14.4 Å². The van der Waals surface area contributed by atoms with Crippen molar-refractivity contribution in [2.75, 3.05) is 46.7 Å². The average Bonchev–Trinajstić information content (AvgIpc) is 3.31. The molecule has 0 aliphatic carbocycles. The van der Waals surface area contributed by atoms with Gasteiger partial charge in [0.05, 0.1) is 32.2 Å². The number of hydrogen-bond donors (Lipinski definition) is 2. The van der Waals surface area contributed by atoms with Crippen LogP contribution in [0.4, 0.5) is 0 Å². The van der Waals surface area contributed by atoms with Gasteiger partial charge in [0.1, 0.15) is 18.1 Å². The van der Waals surface area contributed by atoms with E-state index in [1.807, 2.05) is 0 Å². The molecular weight excluding hydrogens is 442 g/mol.